The fourth-order valence-electron chi connectivity index (χ4n) is 2.11. The summed E-state index contributed by atoms with van der Waals surface area (Å²) in [7, 11) is 0. The maximum absolute atomic E-state index is 11.8. The number of pyridine rings is 1. The highest BCUT2D eigenvalue weighted by atomic mass is 32.1. The second-order valence-electron chi connectivity index (χ2n) is 4.69. The van der Waals surface area contributed by atoms with Crippen LogP contribution < -0.4 is 5.32 Å². The Balaban J connectivity index is 1.65. The number of nitrogens with zero attached hydrogens (tertiary/aromatic N) is 2. The molecule has 0 atom stereocenters. The first-order valence-electron chi connectivity index (χ1n) is 6.44. The number of carbonyl (C=O) groups excluding carboxylic acids is 1. The summed E-state index contributed by atoms with van der Waals surface area (Å²) in [5.74, 6) is 0.0289. The van der Waals surface area contributed by atoms with Crippen molar-refractivity contribution in [2.75, 3.05) is 0 Å². The van der Waals surface area contributed by atoms with Gasteiger partial charge in [-0.05, 0) is 30.0 Å². The minimum absolute atomic E-state index is 0.0289. The molecule has 1 N–H and O–H groups in total. The summed E-state index contributed by atoms with van der Waals surface area (Å²) < 4.78 is 1.98. The van der Waals surface area contributed by atoms with E-state index < -0.39 is 0 Å². The Bertz CT molecular complexity index is 731. The largest absolute Gasteiger partial charge is 0.350 e. The summed E-state index contributed by atoms with van der Waals surface area (Å²) in [4.78, 5) is 17.4. The number of fused-ring (bicyclic) bond motifs is 1. The smallest absolute Gasteiger partial charge is 0.225 e. The van der Waals surface area contributed by atoms with Gasteiger partial charge in [-0.15, -0.1) is 11.3 Å². The van der Waals surface area contributed by atoms with E-state index in [4.69, 9.17) is 0 Å². The molecule has 102 valence electrons. The van der Waals surface area contributed by atoms with E-state index in [0.29, 0.717) is 13.0 Å². The number of aromatic nitrogens is 2. The fraction of sp³-hybridized carbons (Fsp3) is 0.200. The van der Waals surface area contributed by atoms with Crippen molar-refractivity contribution in [1.29, 1.82) is 0 Å². The minimum atomic E-state index is 0.0289. The summed E-state index contributed by atoms with van der Waals surface area (Å²) >= 11 is 1.60. The van der Waals surface area contributed by atoms with Crippen LogP contribution in [0.2, 0.25) is 0 Å². The average molecular weight is 285 g/mol. The minimum Gasteiger partial charge on any atom is -0.350 e. The molecule has 0 aromatic carbocycles. The van der Waals surface area contributed by atoms with Crippen molar-refractivity contribution in [3.05, 3.63) is 58.2 Å². The Morgan fingerprint density at radius 1 is 1.40 bits per heavy atom. The molecule has 3 aromatic rings. The Morgan fingerprint density at radius 3 is 3.05 bits per heavy atom. The lowest BCUT2D eigenvalue weighted by molar-refractivity contribution is -0.120. The second kappa shape index (κ2) is 5.46. The van der Waals surface area contributed by atoms with Crippen LogP contribution in [0.4, 0.5) is 0 Å². The van der Waals surface area contributed by atoms with Crippen molar-refractivity contribution in [2.24, 2.45) is 0 Å². The number of hydrogen-bond acceptors (Lipinski definition) is 3. The highest BCUT2D eigenvalue weighted by molar-refractivity contribution is 7.10. The molecule has 3 aromatic heterocycles. The molecule has 0 unspecified atom stereocenters. The summed E-state index contributed by atoms with van der Waals surface area (Å²) in [6.07, 6.45) is 4.35. The highest BCUT2D eigenvalue weighted by Gasteiger charge is 2.07. The molecular formula is C15H15N3OS. The molecule has 5 heteroatoms. The summed E-state index contributed by atoms with van der Waals surface area (Å²) in [6.45, 7) is 2.49. The number of thiophene rings is 1. The second-order valence-corrected chi connectivity index (χ2v) is 5.72. The van der Waals surface area contributed by atoms with Crippen LogP contribution in [-0.4, -0.2) is 15.3 Å². The SMILES string of the molecule is Cc1cccn2cc(CNC(=O)Cc3cccs3)nc12. The maximum Gasteiger partial charge on any atom is 0.225 e. The molecule has 0 saturated carbocycles. The van der Waals surface area contributed by atoms with Crippen molar-refractivity contribution < 1.29 is 4.79 Å². The van der Waals surface area contributed by atoms with E-state index in [2.05, 4.69) is 10.3 Å². The zero-order valence-corrected chi connectivity index (χ0v) is 12.0. The van der Waals surface area contributed by atoms with Crippen LogP contribution in [0.25, 0.3) is 5.65 Å². The van der Waals surface area contributed by atoms with Gasteiger partial charge >= 0.3 is 0 Å². The van der Waals surface area contributed by atoms with Gasteiger partial charge in [-0.2, -0.15) is 0 Å². The van der Waals surface area contributed by atoms with Gasteiger partial charge in [-0.3, -0.25) is 4.79 Å². The summed E-state index contributed by atoms with van der Waals surface area (Å²) in [5, 5.41) is 4.89. The van der Waals surface area contributed by atoms with Gasteiger partial charge in [0.2, 0.25) is 5.91 Å². The number of amides is 1. The van der Waals surface area contributed by atoms with Crippen LogP contribution in [0.3, 0.4) is 0 Å². The molecule has 4 nitrogen and oxygen atoms in total. The lowest BCUT2D eigenvalue weighted by Crippen LogP contribution is -2.24. The van der Waals surface area contributed by atoms with Crippen LogP contribution in [0, 0.1) is 6.92 Å². The first-order valence-corrected chi connectivity index (χ1v) is 7.32. The van der Waals surface area contributed by atoms with Gasteiger partial charge in [0, 0.05) is 17.3 Å². The van der Waals surface area contributed by atoms with Crippen molar-refractivity contribution in [3.63, 3.8) is 0 Å². The van der Waals surface area contributed by atoms with Crippen LogP contribution in [-0.2, 0) is 17.8 Å². The summed E-state index contributed by atoms with van der Waals surface area (Å²) in [5.41, 5.74) is 2.94. The third-order valence-electron chi connectivity index (χ3n) is 3.11. The van der Waals surface area contributed by atoms with E-state index in [0.717, 1.165) is 21.8 Å². The van der Waals surface area contributed by atoms with Gasteiger partial charge in [0.25, 0.3) is 0 Å². The quantitative estimate of drug-likeness (QED) is 0.801. The predicted octanol–water partition coefficient (Wildman–Crippen LogP) is 2.56. The van der Waals surface area contributed by atoms with E-state index in [1.165, 1.54) is 0 Å². The van der Waals surface area contributed by atoms with Crippen molar-refractivity contribution in [2.45, 2.75) is 19.9 Å². The Morgan fingerprint density at radius 2 is 2.30 bits per heavy atom. The molecule has 0 aliphatic rings. The lowest BCUT2D eigenvalue weighted by Gasteiger charge is -2.01. The lowest BCUT2D eigenvalue weighted by atomic mass is 10.3. The van der Waals surface area contributed by atoms with Gasteiger partial charge in [0.15, 0.2) is 0 Å². The van der Waals surface area contributed by atoms with Crippen LogP contribution in [0.1, 0.15) is 16.1 Å². The molecule has 0 saturated heterocycles. The molecule has 0 aliphatic carbocycles. The van der Waals surface area contributed by atoms with Crippen molar-refractivity contribution in [3.8, 4) is 0 Å². The van der Waals surface area contributed by atoms with Crippen LogP contribution in [0.5, 0.6) is 0 Å². The zero-order chi connectivity index (χ0) is 13.9. The van der Waals surface area contributed by atoms with Crippen molar-refractivity contribution in [1.82, 2.24) is 14.7 Å². The van der Waals surface area contributed by atoms with E-state index >= 15 is 0 Å². The molecule has 3 rings (SSSR count). The molecule has 0 radical (unpaired) electrons. The predicted molar refractivity (Wildman–Crippen MR) is 79.8 cm³/mol. The molecule has 3 heterocycles. The van der Waals surface area contributed by atoms with Crippen molar-refractivity contribution >= 4 is 22.9 Å². The monoisotopic (exact) mass is 285 g/mol. The Labute approximate surface area is 121 Å². The molecule has 0 fully saturated rings. The number of hydrogen-bond donors (Lipinski definition) is 1. The topological polar surface area (TPSA) is 46.4 Å². The highest BCUT2D eigenvalue weighted by Crippen LogP contribution is 2.11. The van der Waals surface area contributed by atoms with Gasteiger partial charge in [-0.1, -0.05) is 12.1 Å². The van der Waals surface area contributed by atoms with E-state index in [9.17, 15) is 4.79 Å². The van der Waals surface area contributed by atoms with Gasteiger partial charge in [0.1, 0.15) is 5.65 Å². The fourth-order valence-corrected chi connectivity index (χ4v) is 2.82. The molecule has 0 bridgehead atoms. The molecular weight excluding hydrogens is 270 g/mol. The molecule has 1 amide bonds. The van der Waals surface area contributed by atoms with Crippen LogP contribution in [0.15, 0.2) is 42.0 Å². The van der Waals surface area contributed by atoms with E-state index in [-0.39, 0.29) is 5.91 Å². The third kappa shape index (κ3) is 2.72. The first-order chi connectivity index (χ1) is 9.72. The summed E-state index contributed by atoms with van der Waals surface area (Å²) in [6, 6.07) is 7.95. The molecule has 0 spiro atoms. The third-order valence-corrected chi connectivity index (χ3v) is 3.99. The van der Waals surface area contributed by atoms with Gasteiger partial charge in [0.05, 0.1) is 18.7 Å². The first kappa shape index (κ1) is 12.9. The number of rotatable bonds is 4. The Kier molecular flexibility index (Phi) is 3.52. The Hall–Kier alpha value is -2.14. The zero-order valence-electron chi connectivity index (χ0n) is 11.2. The normalized spacial score (nSPS) is 10.8. The van der Waals surface area contributed by atoms with E-state index in [1.807, 2.05) is 53.4 Å². The van der Waals surface area contributed by atoms with Gasteiger partial charge in [-0.25, -0.2) is 4.98 Å². The van der Waals surface area contributed by atoms with Crippen LogP contribution >= 0.6 is 11.3 Å². The standard InChI is InChI=1S/C15H15N3OS/c1-11-4-2-6-18-10-12(17-15(11)18)9-16-14(19)8-13-5-3-7-20-13/h2-7,10H,8-9H2,1H3,(H,16,19). The molecule has 20 heavy (non-hydrogen) atoms. The van der Waals surface area contributed by atoms with Gasteiger partial charge < -0.3 is 9.72 Å². The number of aryl methyl sites for hydroxylation is 1. The molecule has 0 aliphatic heterocycles. The number of imidazole rings is 1. The van der Waals surface area contributed by atoms with E-state index in [1.54, 1.807) is 11.3 Å². The maximum atomic E-state index is 11.8. The number of carbonyl (C=O) groups is 1. The average Bonchev–Trinajstić information content (AvgIpc) is 3.06. The number of nitrogens with one attached hydrogen (secondary N) is 1.